The quantitative estimate of drug-likeness (QED) is 0.622. The molecule has 162 valence electrons. The lowest BCUT2D eigenvalue weighted by Crippen LogP contribution is -2.47. The first-order valence-electron chi connectivity index (χ1n) is 10.1. The molecular formula is C23H26N4O4. The maximum Gasteiger partial charge on any atom is 0.326 e. The minimum atomic E-state index is -1.20. The van der Waals surface area contributed by atoms with Crippen LogP contribution >= 0.6 is 0 Å². The van der Waals surface area contributed by atoms with Gasteiger partial charge >= 0.3 is 6.03 Å². The monoisotopic (exact) mass is 422 g/mol. The van der Waals surface area contributed by atoms with Gasteiger partial charge in [0.1, 0.15) is 11.6 Å². The van der Waals surface area contributed by atoms with Gasteiger partial charge in [0.05, 0.1) is 0 Å². The molecule has 0 radical (unpaired) electrons. The van der Waals surface area contributed by atoms with E-state index in [9.17, 15) is 19.2 Å². The predicted octanol–water partition coefficient (Wildman–Crippen LogP) is 3.14. The molecule has 1 heterocycles. The zero-order valence-corrected chi connectivity index (χ0v) is 18.0. The zero-order chi connectivity index (χ0) is 22.8. The molecule has 1 aliphatic rings. The molecule has 0 spiro atoms. The Hall–Kier alpha value is -3.68. The number of nitrogens with one attached hydrogen (secondary N) is 3. The Balaban J connectivity index is 1.77. The minimum absolute atomic E-state index is 0.197. The molecule has 31 heavy (non-hydrogen) atoms. The third-order valence-electron chi connectivity index (χ3n) is 5.44. The fourth-order valence-electron chi connectivity index (χ4n) is 3.63. The lowest BCUT2D eigenvalue weighted by Gasteiger charge is -2.27. The van der Waals surface area contributed by atoms with Crippen molar-refractivity contribution >= 4 is 35.1 Å². The summed E-state index contributed by atoms with van der Waals surface area (Å²) in [6, 6.07) is 12.4. The highest BCUT2D eigenvalue weighted by atomic mass is 16.2. The smallest absolute Gasteiger partial charge is 0.326 e. The number of nitrogens with zero attached hydrogens (tertiary/aromatic N) is 1. The van der Waals surface area contributed by atoms with Gasteiger partial charge in [0.25, 0.3) is 5.91 Å². The summed E-state index contributed by atoms with van der Waals surface area (Å²) >= 11 is 0. The Bertz CT molecular complexity index is 1020. The van der Waals surface area contributed by atoms with Crippen LogP contribution in [0.15, 0.2) is 48.5 Å². The topological polar surface area (TPSA) is 108 Å². The number of benzene rings is 2. The molecule has 2 atom stereocenters. The molecule has 0 bridgehead atoms. The summed E-state index contributed by atoms with van der Waals surface area (Å²) in [5.74, 6) is -1.14. The number of aryl methyl sites for hydroxylation is 1. The maximum absolute atomic E-state index is 13.3. The summed E-state index contributed by atoms with van der Waals surface area (Å²) in [5, 5.41) is 8.14. The average molecular weight is 422 g/mol. The first kappa shape index (κ1) is 22.0. The second-order valence-corrected chi connectivity index (χ2v) is 7.65. The van der Waals surface area contributed by atoms with Crippen LogP contribution in [0.1, 0.15) is 38.3 Å². The third-order valence-corrected chi connectivity index (χ3v) is 5.44. The summed E-state index contributed by atoms with van der Waals surface area (Å²) in [4.78, 5) is 50.9. The van der Waals surface area contributed by atoms with Crippen molar-refractivity contribution < 1.29 is 19.2 Å². The van der Waals surface area contributed by atoms with Gasteiger partial charge in [-0.15, -0.1) is 0 Å². The second kappa shape index (κ2) is 8.59. The van der Waals surface area contributed by atoms with Crippen LogP contribution in [0.4, 0.5) is 16.2 Å². The van der Waals surface area contributed by atoms with E-state index in [2.05, 4.69) is 16.0 Å². The van der Waals surface area contributed by atoms with E-state index in [4.69, 9.17) is 0 Å². The molecule has 0 saturated carbocycles. The molecule has 1 aliphatic heterocycles. The van der Waals surface area contributed by atoms with E-state index >= 15 is 0 Å². The molecular weight excluding hydrogens is 396 g/mol. The molecule has 3 N–H and O–H groups in total. The Labute approximate surface area is 181 Å². The highest BCUT2D eigenvalue weighted by Crippen LogP contribution is 2.33. The van der Waals surface area contributed by atoms with Crippen molar-refractivity contribution in [2.45, 2.75) is 45.7 Å². The number of rotatable bonds is 6. The van der Waals surface area contributed by atoms with E-state index in [1.165, 1.54) is 13.8 Å². The minimum Gasteiger partial charge on any atom is -0.326 e. The van der Waals surface area contributed by atoms with Crippen LogP contribution in [0.3, 0.4) is 0 Å². The number of carbonyl (C=O) groups is 4. The molecule has 8 nitrogen and oxygen atoms in total. The number of amides is 5. The van der Waals surface area contributed by atoms with E-state index in [0.717, 1.165) is 10.5 Å². The maximum atomic E-state index is 13.3. The standard InChI is InChI=1S/C23H26N4O4/c1-5-23(17-8-6-14(2)7-9-17)21(30)27(22(31)26-23)15(3)20(29)25-19-12-10-18(11-13-19)24-16(4)28/h6-13,15H,5H2,1-4H3,(H,24,28)(H,25,29)(H,26,31)/t15-,23+/m0/s1. The molecule has 2 aromatic carbocycles. The SMILES string of the molecule is CC[C@]1(c2ccc(C)cc2)NC(=O)N([C@@H](C)C(=O)Nc2ccc(NC(C)=O)cc2)C1=O. The molecule has 5 amide bonds. The van der Waals surface area contributed by atoms with E-state index in [0.29, 0.717) is 23.4 Å². The highest BCUT2D eigenvalue weighted by Gasteiger charge is 2.53. The largest absolute Gasteiger partial charge is 0.326 e. The van der Waals surface area contributed by atoms with E-state index in [-0.39, 0.29) is 5.91 Å². The molecule has 8 heteroatoms. The van der Waals surface area contributed by atoms with Crippen molar-refractivity contribution in [2.24, 2.45) is 0 Å². The number of imide groups is 1. The summed E-state index contributed by atoms with van der Waals surface area (Å²) in [6.07, 6.45) is 0.357. The summed E-state index contributed by atoms with van der Waals surface area (Å²) in [5.41, 5.74) is 1.61. The molecule has 0 aromatic heterocycles. The average Bonchev–Trinajstić information content (AvgIpc) is 2.99. The lowest BCUT2D eigenvalue weighted by atomic mass is 9.86. The molecule has 1 fully saturated rings. The molecule has 3 rings (SSSR count). The van der Waals surface area contributed by atoms with Gasteiger partial charge in [0.15, 0.2) is 0 Å². The number of hydrogen-bond donors (Lipinski definition) is 3. The van der Waals surface area contributed by atoms with Crippen molar-refractivity contribution in [1.82, 2.24) is 10.2 Å². The number of carbonyl (C=O) groups excluding carboxylic acids is 4. The van der Waals surface area contributed by atoms with Crippen LogP contribution in [-0.4, -0.2) is 34.7 Å². The second-order valence-electron chi connectivity index (χ2n) is 7.65. The predicted molar refractivity (Wildman–Crippen MR) is 117 cm³/mol. The number of urea groups is 1. The van der Waals surface area contributed by atoms with Gasteiger partial charge in [-0.3, -0.25) is 14.4 Å². The first-order valence-corrected chi connectivity index (χ1v) is 10.1. The van der Waals surface area contributed by atoms with Crippen molar-refractivity contribution in [3.63, 3.8) is 0 Å². The zero-order valence-electron chi connectivity index (χ0n) is 18.0. The van der Waals surface area contributed by atoms with Gasteiger partial charge in [-0.1, -0.05) is 36.8 Å². The molecule has 2 aromatic rings. The number of hydrogen-bond acceptors (Lipinski definition) is 4. The van der Waals surface area contributed by atoms with Crippen LogP contribution in [0.25, 0.3) is 0 Å². The van der Waals surface area contributed by atoms with E-state index < -0.39 is 29.4 Å². The first-order chi connectivity index (χ1) is 14.7. The Morgan fingerprint density at radius 1 is 1.00 bits per heavy atom. The summed E-state index contributed by atoms with van der Waals surface area (Å²) in [6.45, 7) is 6.68. The molecule has 0 aliphatic carbocycles. The fourth-order valence-corrected chi connectivity index (χ4v) is 3.63. The van der Waals surface area contributed by atoms with Gasteiger partial charge in [-0.25, -0.2) is 9.69 Å². The summed E-state index contributed by atoms with van der Waals surface area (Å²) in [7, 11) is 0. The van der Waals surface area contributed by atoms with Crippen molar-refractivity contribution in [2.75, 3.05) is 10.6 Å². The van der Waals surface area contributed by atoms with E-state index in [1.54, 1.807) is 24.3 Å². The van der Waals surface area contributed by atoms with Gasteiger partial charge in [-0.05, 0) is 50.1 Å². The fraction of sp³-hybridized carbons (Fsp3) is 0.304. The van der Waals surface area contributed by atoms with Gasteiger partial charge < -0.3 is 16.0 Å². The van der Waals surface area contributed by atoms with Crippen LogP contribution in [-0.2, 0) is 19.9 Å². The van der Waals surface area contributed by atoms with Crippen LogP contribution in [0, 0.1) is 6.92 Å². The van der Waals surface area contributed by atoms with Crippen molar-refractivity contribution in [3.05, 3.63) is 59.7 Å². The summed E-state index contributed by atoms with van der Waals surface area (Å²) < 4.78 is 0. The van der Waals surface area contributed by atoms with Crippen LogP contribution in [0.5, 0.6) is 0 Å². The Morgan fingerprint density at radius 3 is 2.06 bits per heavy atom. The Morgan fingerprint density at radius 2 is 1.55 bits per heavy atom. The Kier molecular flexibility index (Phi) is 6.10. The normalized spacial score (nSPS) is 19.0. The number of anilines is 2. The van der Waals surface area contributed by atoms with Crippen LogP contribution < -0.4 is 16.0 Å². The van der Waals surface area contributed by atoms with Crippen LogP contribution in [0.2, 0.25) is 0 Å². The van der Waals surface area contributed by atoms with Crippen molar-refractivity contribution in [3.8, 4) is 0 Å². The van der Waals surface area contributed by atoms with Gasteiger partial charge in [0.2, 0.25) is 11.8 Å². The molecule has 1 saturated heterocycles. The van der Waals surface area contributed by atoms with Gasteiger partial charge in [0, 0.05) is 18.3 Å². The molecule has 0 unspecified atom stereocenters. The third kappa shape index (κ3) is 4.28. The van der Waals surface area contributed by atoms with Crippen molar-refractivity contribution in [1.29, 1.82) is 0 Å². The van der Waals surface area contributed by atoms with Gasteiger partial charge in [-0.2, -0.15) is 0 Å². The lowest BCUT2D eigenvalue weighted by molar-refractivity contribution is -0.136. The van der Waals surface area contributed by atoms with E-state index in [1.807, 2.05) is 38.1 Å². The highest BCUT2D eigenvalue weighted by molar-refractivity contribution is 6.11.